The molecule has 1 fully saturated rings. The number of benzene rings is 1. The van der Waals surface area contributed by atoms with Gasteiger partial charge in [0.2, 0.25) is 11.8 Å². The number of terminal acetylenes is 1. The Morgan fingerprint density at radius 2 is 1.38 bits per heavy atom. The van der Waals surface area contributed by atoms with Crippen molar-refractivity contribution in [3.8, 4) is 12.3 Å². The van der Waals surface area contributed by atoms with Gasteiger partial charge in [-0.3, -0.25) is 48.8 Å². The zero-order chi connectivity index (χ0) is 53.2. The van der Waals surface area contributed by atoms with Crippen LogP contribution in [-0.4, -0.2) is 147 Å². The van der Waals surface area contributed by atoms with E-state index in [2.05, 4.69) is 37.3 Å². The summed E-state index contributed by atoms with van der Waals surface area (Å²) < 4.78 is 32.9. The molecule has 1 aliphatic heterocycles. The Hall–Kier alpha value is -6.51. The number of Topliss-reactive ketones (excluding diaryl/α,β-unsaturated/α-hetero) is 3. The SMILES string of the molecule is C#CCCC[18F].[N-]=[N+]=NCC(=O)CCCOCCOCCOCCOCCC(=O)CCCCC[C@@H]1NC(=O)N(Cc2ccccc2)NC(=O)[C@H](CC(=O)O)NC(=O)CCC(=O)[C@H](CCCCC(=N)N)NC1=O. The van der Waals surface area contributed by atoms with Crippen molar-refractivity contribution in [2.45, 2.75) is 134 Å². The number of alkyl halides is 1. The van der Waals surface area contributed by atoms with Crippen LogP contribution >= 0.6 is 0 Å². The van der Waals surface area contributed by atoms with Crippen LogP contribution in [0.25, 0.3) is 10.4 Å². The molecule has 72 heavy (non-hydrogen) atoms. The van der Waals surface area contributed by atoms with Gasteiger partial charge in [-0.05, 0) is 49.6 Å². The summed E-state index contributed by atoms with van der Waals surface area (Å²) in [5.74, 6) is -2.21. The number of carbonyl (C=O) groups excluding carboxylic acids is 7. The van der Waals surface area contributed by atoms with E-state index in [1.54, 1.807) is 30.3 Å². The van der Waals surface area contributed by atoms with E-state index in [0.717, 1.165) is 5.01 Å². The van der Waals surface area contributed by atoms with Gasteiger partial charge in [-0.15, -0.1) is 12.3 Å². The van der Waals surface area contributed by atoms with Crippen LogP contribution < -0.4 is 27.1 Å². The third kappa shape index (κ3) is 33.1. The van der Waals surface area contributed by atoms with Gasteiger partial charge in [0.25, 0.3) is 5.91 Å². The summed E-state index contributed by atoms with van der Waals surface area (Å²) in [5.41, 5.74) is 16.7. The number of carboxylic acid groups (broad SMARTS) is 1. The molecular formula is C48H73FN10O13. The zero-order valence-corrected chi connectivity index (χ0v) is 41.1. The molecule has 400 valence electrons. The minimum Gasteiger partial charge on any atom is -0.481 e. The van der Waals surface area contributed by atoms with E-state index >= 15 is 0 Å². The van der Waals surface area contributed by atoms with Crippen LogP contribution in [0.4, 0.5) is 9.18 Å². The molecule has 1 saturated heterocycles. The molecule has 0 aliphatic carbocycles. The molecule has 1 aliphatic rings. The largest absolute Gasteiger partial charge is 0.481 e. The first-order chi connectivity index (χ1) is 34.7. The van der Waals surface area contributed by atoms with Crippen LogP contribution in [0.2, 0.25) is 0 Å². The Morgan fingerprint density at radius 1 is 0.764 bits per heavy atom. The maximum Gasteiger partial charge on any atom is 0.337 e. The first kappa shape index (κ1) is 63.5. The number of hydrogen-bond acceptors (Lipinski definition) is 14. The standard InChI is InChI=1S/C43H66N10O13.C5H7F/c44-38(45)16-8-7-14-34-37(56)17-18-39(57)48-36(28-40(58)59)42(61)51-53(30-31-10-3-1-4-11-31)43(62)50-35(41(60)49-34)15-6-2-5-12-32(54)19-21-64-23-25-66-27-26-65-24-22-63-20-9-13-33(55)29-47-52-46;1-2-3-4-5-6/h1,3-4,10-11,34-36H,2,5-9,12-30H2,(H3,44,45)(H,48,57)(H,49,60)(H,50,62)(H,51,61)(H,58,59);1H,3-5H2/t34-,35-,36-;/m0./s1/i;6-1. The van der Waals surface area contributed by atoms with Gasteiger partial charge in [-0.25, -0.2) is 9.80 Å². The number of halogens is 1. The Balaban J connectivity index is 0.00000405. The lowest BCUT2D eigenvalue weighted by molar-refractivity contribution is -0.141. The van der Waals surface area contributed by atoms with Crippen molar-refractivity contribution in [1.82, 2.24) is 26.4 Å². The number of hydrazine groups is 1. The molecule has 5 amide bonds. The molecule has 2 rings (SSSR count). The number of rotatable bonds is 35. The quantitative estimate of drug-likeness (QED) is 0.00965. The lowest BCUT2D eigenvalue weighted by Gasteiger charge is -2.28. The summed E-state index contributed by atoms with van der Waals surface area (Å²) in [7, 11) is 0. The summed E-state index contributed by atoms with van der Waals surface area (Å²) in [6, 6.07) is 3.78. The average Bonchev–Trinajstić information content (AvgIpc) is 3.35. The van der Waals surface area contributed by atoms with E-state index in [-0.39, 0.29) is 88.7 Å². The number of nitrogens with zero attached hydrogens (tertiary/aromatic N) is 4. The number of nitrogens with one attached hydrogen (secondary N) is 5. The molecule has 0 radical (unpaired) electrons. The van der Waals surface area contributed by atoms with Gasteiger partial charge in [-0.2, -0.15) is 0 Å². The molecule has 0 saturated carbocycles. The number of azide groups is 1. The highest BCUT2D eigenvalue weighted by Crippen LogP contribution is 2.13. The fraction of sp³-hybridized carbons (Fsp3) is 0.646. The number of carbonyl (C=O) groups is 8. The summed E-state index contributed by atoms with van der Waals surface area (Å²) >= 11 is 0. The first-order valence-electron chi connectivity index (χ1n) is 24.1. The molecule has 1 aromatic rings. The van der Waals surface area contributed by atoms with Gasteiger partial charge < -0.3 is 45.7 Å². The second-order valence-electron chi connectivity index (χ2n) is 16.4. The topological polar surface area (TPSA) is 344 Å². The van der Waals surface area contributed by atoms with Gasteiger partial charge in [0.05, 0.1) is 84.3 Å². The van der Waals surface area contributed by atoms with E-state index in [4.69, 9.17) is 42.0 Å². The van der Waals surface area contributed by atoms with Crippen LogP contribution in [-0.2, 0) is 59.1 Å². The number of ketones is 3. The number of ether oxygens (including phenoxy) is 4. The summed E-state index contributed by atoms with van der Waals surface area (Å²) in [5, 5.41) is 28.9. The monoisotopic (exact) mass is 1020 g/mol. The first-order valence-corrected chi connectivity index (χ1v) is 24.1. The predicted molar refractivity (Wildman–Crippen MR) is 261 cm³/mol. The number of amidine groups is 1. The van der Waals surface area contributed by atoms with Crippen LogP contribution in [0.15, 0.2) is 35.4 Å². The average molecular weight is 1020 g/mol. The molecule has 1 heterocycles. The molecule has 0 bridgehead atoms. The summed E-state index contributed by atoms with van der Waals surface area (Å²) in [4.78, 5) is 106. The van der Waals surface area contributed by atoms with Gasteiger partial charge in [0.1, 0.15) is 23.7 Å². The van der Waals surface area contributed by atoms with Crippen molar-refractivity contribution in [2.24, 2.45) is 10.8 Å². The molecule has 0 unspecified atom stereocenters. The molecule has 23 nitrogen and oxygen atoms in total. The highest BCUT2D eigenvalue weighted by atomic mass is 18.2. The number of amides is 5. The summed E-state index contributed by atoms with van der Waals surface area (Å²) in [6.45, 7) is 2.02. The van der Waals surface area contributed by atoms with Crippen molar-refractivity contribution in [3.63, 3.8) is 0 Å². The third-order valence-electron chi connectivity index (χ3n) is 10.4. The van der Waals surface area contributed by atoms with Crippen LogP contribution in [0.3, 0.4) is 0 Å². The predicted octanol–water partition coefficient (Wildman–Crippen LogP) is 3.91. The minimum atomic E-state index is -1.60. The van der Waals surface area contributed by atoms with Crippen molar-refractivity contribution in [3.05, 3.63) is 46.3 Å². The highest BCUT2D eigenvalue weighted by molar-refractivity contribution is 5.96. The van der Waals surface area contributed by atoms with E-state index in [1.807, 2.05) is 0 Å². The smallest absolute Gasteiger partial charge is 0.337 e. The van der Waals surface area contributed by atoms with Crippen LogP contribution in [0.5, 0.6) is 0 Å². The lowest BCUT2D eigenvalue weighted by Crippen LogP contribution is -2.59. The Kier molecular flexibility index (Phi) is 36.3. The molecular weight excluding hydrogens is 943 g/mol. The van der Waals surface area contributed by atoms with E-state index in [1.165, 1.54) is 0 Å². The number of hydrogen-bond donors (Lipinski definition) is 7. The summed E-state index contributed by atoms with van der Waals surface area (Å²) in [6.07, 6.45) is 8.40. The molecule has 0 spiro atoms. The van der Waals surface area contributed by atoms with Crippen molar-refractivity contribution < 1.29 is 66.8 Å². The lowest BCUT2D eigenvalue weighted by atomic mass is 9.99. The number of nitrogens with two attached hydrogens (primary N) is 1. The van der Waals surface area contributed by atoms with Gasteiger partial charge in [0.15, 0.2) is 5.78 Å². The Bertz CT molecular complexity index is 1920. The normalized spacial score (nSPS) is 16.5. The Morgan fingerprint density at radius 3 is 1.99 bits per heavy atom. The van der Waals surface area contributed by atoms with E-state index in [0.29, 0.717) is 103 Å². The number of urea groups is 1. The number of carboxylic acids is 1. The molecule has 0 aromatic heterocycles. The van der Waals surface area contributed by atoms with Gasteiger partial charge in [-0.1, -0.05) is 54.7 Å². The van der Waals surface area contributed by atoms with E-state index in [9.17, 15) is 47.9 Å². The van der Waals surface area contributed by atoms with Crippen molar-refractivity contribution >= 4 is 52.9 Å². The zero-order valence-electron chi connectivity index (χ0n) is 41.1. The maximum absolute atomic E-state index is 13.9. The number of unbranched alkanes of at least 4 members (excludes halogenated alkanes) is 4. The molecule has 8 N–H and O–H groups in total. The minimum absolute atomic E-state index is 0.0150. The number of aliphatic carboxylic acids is 1. The third-order valence-corrected chi connectivity index (χ3v) is 10.4. The van der Waals surface area contributed by atoms with Crippen molar-refractivity contribution in [2.75, 3.05) is 66.1 Å². The van der Waals surface area contributed by atoms with Crippen LogP contribution in [0.1, 0.15) is 115 Å². The molecule has 3 atom stereocenters. The second kappa shape index (κ2) is 41.1. The second-order valence-corrected chi connectivity index (χ2v) is 16.4. The Labute approximate surface area is 420 Å². The fourth-order valence-electron chi connectivity index (χ4n) is 6.60. The van der Waals surface area contributed by atoms with Crippen LogP contribution in [0, 0.1) is 17.8 Å². The van der Waals surface area contributed by atoms with Crippen molar-refractivity contribution in [1.29, 1.82) is 5.41 Å². The fourth-order valence-corrected chi connectivity index (χ4v) is 6.60. The molecule has 1 aromatic carbocycles. The van der Waals surface area contributed by atoms with Gasteiger partial charge in [0, 0.05) is 56.5 Å². The highest BCUT2D eigenvalue weighted by Gasteiger charge is 2.32. The van der Waals surface area contributed by atoms with Gasteiger partial charge >= 0.3 is 12.0 Å². The van der Waals surface area contributed by atoms with E-state index < -0.39 is 66.5 Å². The maximum atomic E-state index is 13.9. The molecule has 24 heteroatoms.